The summed E-state index contributed by atoms with van der Waals surface area (Å²) in [5.41, 5.74) is 3.88. The van der Waals surface area contributed by atoms with Gasteiger partial charge >= 0.3 is 0 Å². The number of nitrogens with one attached hydrogen (secondary N) is 1. The van der Waals surface area contributed by atoms with Crippen LogP contribution in [0, 0.1) is 20.8 Å². The average Bonchev–Trinajstić information content (AvgIpc) is 2.85. The fourth-order valence-corrected chi connectivity index (χ4v) is 4.45. The molecule has 1 heterocycles. The van der Waals surface area contributed by atoms with E-state index in [0.29, 0.717) is 5.13 Å². The molecule has 0 amide bonds. The molecule has 3 rings (SSSR count). The predicted molar refractivity (Wildman–Crippen MR) is 91.1 cm³/mol. The second-order valence-electron chi connectivity index (χ2n) is 5.29. The highest BCUT2D eigenvalue weighted by molar-refractivity contribution is 7.93. The van der Waals surface area contributed by atoms with E-state index in [1.807, 2.05) is 45.0 Å². The van der Waals surface area contributed by atoms with Crippen molar-refractivity contribution in [3.05, 3.63) is 53.1 Å². The van der Waals surface area contributed by atoms with Crippen LogP contribution in [0.2, 0.25) is 0 Å². The number of sulfonamides is 1. The zero-order chi connectivity index (χ0) is 15.9. The number of hydrogen-bond acceptors (Lipinski definition) is 4. The molecule has 0 saturated heterocycles. The van der Waals surface area contributed by atoms with Gasteiger partial charge in [0.2, 0.25) is 0 Å². The maximum atomic E-state index is 12.5. The van der Waals surface area contributed by atoms with Gasteiger partial charge in [-0.25, -0.2) is 13.4 Å². The molecule has 0 fully saturated rings. The van der Waals surface area contributed by atoms with E-state index in [2.05, 4.69) is 9.71 Å². The van der Waals surface area contributed by atoms with Crippen molar-refractivity contribution in [2.24, 2.45) is 0 Å². The minimum atomic E-state index is -3.62. The summed E-state index contributed by atoms with van der Waals surface area (Å²) in [7, 11) is -3.62. The molecular formula is C16H16N2O2S2. The second kappa shape index (κ2) is 5.37. The Bertz CT molecular complexity index is 959. The highest BCUT2D eigenvalue weighted by Gasteiger charge is 2.17. The average molecular weight is 332 g/mol. The molecular weight excluding hydrogens is 316 g/mol. The molecule has 0 radical (unpaired) electrons. The van der Waals surface area contributed by atoms with E-state index in [9.17, 15) is 8.42 Å². The Balaban J connectivity index is 1.99. The molecule has 2 aromatic carbocycles. The molecule has 0 aliphatic rings. The van der Waals surface area contributed by atoms with Crippen molar-refractivity contribution in [1.82, 2.24) is 4.98 Å². The molecule has 22 heavy (non-hydrogen) atoms. The predicted octanol–water partition coefficient (Wildman–Crippen LogP) is 4.02. The molecule has 3 aromatic rings. The van der Waals surface area contributed by atoms with E-state index in [1.54, 1.807) is 12.1 Å². The second-order valence-corrected chi connectivity index (χ2v) is 8.01. The third-order valence-electron chi connectivity index (χ3n) is 3.63. The van der Waals surface area contributed by atoms with Gasteiger partial charge in [0, 0.05) is 0 Å². The van der Waals surface area contributed by atoms with Gasteiger partial charge in [-0.3, -0.25) is 4.72 Å². The zero-order valence-electron chi connectivity index (χ0n) is 12.5. The van der Waals surface area contributed by atoms with Crippen molar-refractivity contribution in [1.29, 1.82) is 0 Å². The molecule has 0 bridgehead atoms. The Kier molecular flexibility index (Phi) is 3.66. The number of nitrogens with zero attached hydrogens (tertiary/aromatic N) is 1. The summed E-state index contributed by atoms with van der Waals surface area (Å²) in [6.07, 6.45) is 0. The third-order valence-corrected chi connectivity index (χ3v) is 6.03. The van der Waals surface area contributed by atoms with Crippen molar-refractivity contribution >= 4 is 36.7 Å². The topological polar surface area (TPSA) is 59.1 Å². The molecule has 4 nitrogen and oxygen atoms in total. The Morgan fingerprint density at radius 2 is 1.77 bits per heavy atom. The number of anilines is 1. The summed E-state index contributed by atoms with van der Waals surface area (Å²) >= 11 is 1.34. The van der Waals surface area contributed by atoms with Crippen molar-refractivity contribution < 1.29 is 8.42 Å². The number of benzene rings is 2. The number of hydrogen-bond donors (Lipinski definition) is 1. The molecule has 1 N–H and O–H groups in total. The maximum Gasteiger partial charge on any atom is 0.263 e. The van der Waals surface area contributed by atoms with E-state index in [-0.39, 0.29) is 4.90 Å². The normalized spacial score (nSPS) is 11.8. The van der Waals surface area contributed by atoms with E-state index in [4.69, 9.17) is 0 Å². The largest absolute Gasteiger partial charge is 0.263 e. The molecule has 0 aliphatic carbocycles. The summed E-state index contributed by atoms with van der Waals surface area (Å²) in [6, 6.07) is 10.9. The molecule has 1 aromatic heterocycles. The van der Waals surface area contributed by atoms with Crippen LogP contribution in [-0.4, -0.2) is 13.4 Å². The third kappa shape index (κ3) is 2.71. The Labute approximate surface area is 133 Å². The fourth-order valence-electron chi connectivity index (χ4n) is 2.18. The Morgan fingerprint density at radius 1 is 1.00 bits per heavy atom. The Morgan fingerprint density at radius 3 is 2.45 bits per heavy atom. The van der Waals surface area contributed by atoms with Crippen molar-refractivity contribution in [2.75, 3.05) is 4.72 Å². The first-order valence-electron chi connectivity index (χ1n) is 6.83. The minimum absolute atomic E-state index is 0.256. The van der Waals surface area contributed by atoms with Gasteiger partial charge in [-0.05, 0) is 55.7 Å². The van der Waals surface area contributed by atoms with Crippen LogP contribution in [0.3, 0.4) is 0 Å². The van der Waals surface area contributed by atoms with Gasteiger partial charge in [0.1, 0.15) is 0 Å². The maximum absolute atomic E-state index is 12.5. The number of thiazole rings is 1. The number of aromatic nitrogens is 1. The van der Waals surface area contributed by atoms with Crippen LogP contribution >= 0.6 is 11.3 Å². The van der Waals surface area contributed by atoms with Crippen molar-refractivity contribution in [2.45, 2.75) is 25.7 Å². The lowest BCUT2D eigenvalue weighted by Crippen LogP contribution is -2.13. The van der Waals surface area contributed by atoms with Gasteiger partial charge in [0.05, 0.1) is 15.1 Å². The quantitative estimate of drug-likeness (QED) is 0.788. The van der Waals surface area contributed by atoms with E-state index in [0.717, 1.165) is 26.9 Å². The summed E-state index contributed by atoms with van der Waals surface area (Å²) in [4.78, 5) is 4.65. The van der Waals surface area contributed by atoms with Crippen LogP contribution in [0.4, 0.5) is 5.13 Å². The van der Waals surface area contributed by atoms with Gasteiger partial charge < -0.3 is 0 Å². The van der Waals surface area contributed by atoms with Crippen LogP contribution in [0.15, 0.2) is 41.3 Å². The lowest BCUT2D eigenvalue weighted by Gasteiger charge is -2.07. The van der Waals surface area contributed by atoms with Gasteiger partial charge in [0.15, 0.2) is 5.13 Å². The summed E-state index contributed by atoms with van der Waals surface area (Å²) in [5, 5.41) is 0.391. The zero-order valence-corrected chi connectivity index (χ0v) is 14.2. The summed E-state index contributed by atoms with van der Waals surface area (Å²) in [6.45, 7) is 5.81. The molecule has 0 atom stereocenters. The van der Waals surface area contributed by atoms with E-state index in [1.165, 1.54) is 11.3 Å². The first kappa shape index (κ1) is 15.0. The number of fused-ring (bicyclic) bond motifs is 1. The standard InChI is InChI=1S/C16H16N2O2S2/c1-10-7-8-13(9-12(10)3)22(19,20)18-16-17-15-11(2)5-4-6-14(15)21-16/h4-9H,1-3H3,(H,17,18). The van der Waals surface area contributed by atoms with Crippen molar-refractivity contribution in [3.63, 3.8) is 0 Å². The van der Waals surface area contributed by atoms with Gasteiger partial charge in [-0.2, -0.15) is 0 Å². The Hall–Kier alpha value is -1.92. The molecule has 114 valence electrons. The lowest BCUT2D eigenvalue weighted by atomic mass is 10.1. The molecule has 0 unspecified atom stereocenters. The molecule has 0 saturated carbocycles. The number of para-hydroxylation sites is 1. The van der Waals surface area contributed by atoms with Crippen LogP contribution in [-0.2, 0) is 10.0 Å². The highest BCUT2D eigenvalue weighted by Crippen LogP contribution is 2.29. The SMILES string of the molecule is Cc1ccc(S(=O)(=O)Nc2nc3c(C)cccc3s2)cc1C. The highest BCUT2D eigenvalue weighted by atomic mass is 32.2. The van der Waals surface area contributed by atoms with Crippen LogP contribution < -0.4 is 4.72 Å². The van der Waals surface area contributed by atoms with Crippen LogP contribution in [0.1, 0.15) is 16.7 Å². The molecule has 6 heteroatoms. The van der Waals surface area contributed by atoms with Gasteiger partial charge in [0.25, 0.3) is 10.0 Å². The first-order chi connectivity index (χ1) is 10.4. The van der Waals surface area contributed by atoms with E-state index >= 15 is 0 Å². The van der Waals surface area contributed by atoms with E-state index < -0.39 is 10.0 Å². The minimum Gasteiger partial charge on any atom is -0.255 e. The smallest absolute Gasteiger partial charge is 0.255 e. The van der Waals surface area contributed by atoms with Crippen LogP contribution in [0.25, 0.3) is 10.2 Å². The first-order valence-corrected chi connectivity index (χ1v) is 9.13. The number of rotatable bonds is 3. The summed E-state index contributed by atoms with van der Waals surface area (Å²) in [5.74, 6) is 0. The van der Waals surface area contributed by atoms with Gasteiger partial charge in [-0.15, -0.1) is 0 Å². The lowest BCUT2D eigenvalue weighted by molar-refractivity contribution is 0.601. The summed E-state index contributed by atoms with van der Waals surface area (Å²) < 4.78 is 28.5. The van der Waals surface area contributed by atoms with Crippen LogP contribution in [0.5, 0.6) is 0 Å². The number of aryl methyl sites for hydroxylation is 3. The van der Waals surface area contributed by atoms with Crippen molar-refractivity contribution in [3.8, 4) is 0 Å². The molecule has 0 aliphatic heterocycles. The molecule has 0 spiro atoms. The monoisotopic (exact) mass is 332 g/mol. The fraction of sp³-hybridized carbons (Fsp3) is 0.188. The van der Waals surface area contributed by atoms with Gasteiger partial charge in [-0.1, -0.05) is 29.5 Å².